The summed E-state index contributed by atoms with van der Waals surface area (Å²) >= 11 is 0. The normalized spacial score (nSPS) is 18.2. The van der Waals surface area contributed by atoms with Gasteiger partial charge in [0.25, 0.3) is 0 Å². The lowest BCUT2D eigenvalue weighted by atomic mass is 10.0. The molecule has 2 fully saturated rings. The maximum Gasteiger partial charge on any atom is 0.238 e. The number of carbonyl (C=O) groups is 3. The highest BCUT2D eigenvalue weighted by Crippen LogP contribution is 2.47. The largest absolute Gasteiger partial charge is 0.361 e. The number of hydrogen-bond acceptors (Lipinski definition) is 3. The van der Waals surface area contributed by atoms with Gasteiger partial charge < -0.3 is 20.1 Å². The topological polar surface area (TPSA) is 85.5 Å². The van der Waals surface area contributed by atoms with E-state index in [4.69, 9.17) is 0 Å². The molecule has 0 unspecified atom stereocenters. The lowest BCUT2D eigenvalue weighted by Gasteiger charge is -2.35. The van der Waals surface area contributed by atoms with E-state index in [2.05, 4.69) is 16.4 Å². The Balaban J connectivity index is 1.32. The first-order valence-electron chi connectivity index (χ1n) is 9.89. The number of aromatic nitrogens is 1. The van der Waals surface area contributed by atoms with E-state index in [1.54, 1.807) is 16.7 Å². The van der Waals surface area contributed by atoms with Crippen LogP contribution in [0.1, 0.15) is 25.3 Å². The van der Waals surface area contributed by atoms with Gasteiger partial charge in [-0.2, -0.15) is 0 Å². The number of hydrogen-bond donors (Lipinski definition) is 2. The zero-order chi connectivity index (χ0) is 19.7. The molecule has 2 heterocycles. The number of H-pyrrole nitrogens is 1. The Bertz CT molecular complexity index is 907. The minimum Gasteiger partial charge on any atom is -0.361 e. The van der Waals surface area contributed by atoms with Crippen molar-refractivity contribution in [3.63, 3.8) is 0 Å². The smallest absolute Gasteiger partial charge is 0.238 e. The zero-order valence-electron chi connectivity index (χ0n) is 16.2. The highest BCUT2D eigenvalue weighted by Gasteiger charge is 2.58. The molecule has 0 radical (unpaired) electrons. The number of piperazine rings is 1. The molecule has 2 aromatic rings. The molecule has 0 bridgehead atoms. The van der Waals surface area contributed by atoms with Crippen LogP contribution in [0.25, 0.3) is 10.9 Å². The molecular formula is C21H26N4O3. The molecule has 4 rings (SSSR count). The minimum absolute atomic E-state index is 0.0308. The highest BCUT2D eigenvalue weighted by atomic mass is 16.2. The monoisotopic (exact) mass is 382 g/mol. The zero-order valence-corrected chi connectivity index (χ0v) is 16.2. The van der Waals surface area contributed by atoms with Gasteiger partial charge in [0.2, 0.25) is 17.7 Å². The summed E-state index contributed by atoms with van der Waals surface area (Å²) in [6.45, 7) is 4.14. The molecule has 2 N–H and O–H groups in total. The summed E-state index contributed by atoms with van der Waals surface area (Å²) in [5.74, 6) is -0.213. The molecule has 0 spiro atoms. The average molecular weight is 382 g/mol. The Kier molecular flexibility index (Phi) is 4.83. The molecule has 0 atom stereocenters. The van der Waals surface area contributed by atoms with Crippen molar-refractivity contribution in [3.05, 3.63) is 36.0 Å². The molecule has 7 heteroatoms. The van der Waals surface area contributed by atoms with Gasteiger partial charge in [-0.3, -0.25) is 14.4 Å². The van der Waals surface area contributed by atoms with E-state index < -0.39 is 5.41 Å². The van der Waals surface area contributed by atoms with E-state index in [-0.39, 0.29) is 17.7 Å². The second-order valence-corrected chi connectivity index (χ2v) is 7.75. The van der Waals surface area contributed by atoms with Crippen molar-refractivity contribution in [3.8, 4) is 0 Å². The van der Waals surface area contributed by atoms with Crippen molar-refractivity contribution in [2.45, 2.75) is 26.2 Å². The van der Waals surface area contributed by atoms with Crippen LogP contribution in [0.3, 0.4) is 0 Å². The average Bonchev–Trinajstić information content (AvgIpc) is 3.43. The second kappa shape index (κ2) is 7.30. The first-order valence-corrected chi connectivity index (χ1v) is 9.89. The van der Waals surface area contributed by atoms with Crippen LogP contribution >= 0.6 is 0 Å². The van der Waals surface area contributed by atoms with Crippen molar-refractivity contribution in [1.29, 1.82) is 0 Å². The van der Waals surface area contributed by atoms with Crippen molar-refractivity contribution in [2.75, 3.05) is 32.7 Å². The van der Waals surface area contributed by atoms with Gasteiger partial charge >= 0.3 is 0 Å². The number of amides is 3. The van der Waals surface area contributed by atoms with E-state index in [0.717, 1.165) is 22.9 Å². The summed E-state index contributed by atoms with van der Waals surface area (Å²) in [6, 6.07) is 8.09. The molecule has 1 saturated heterocycles. The Hall–Kier alpha value is -2.83. The summed E-state index contributed by atoms with van der Waals surface area (Å²) in [5, 5.41) is 4.13. The number of benzene rings is 1. The molecule has 1 aromatic carbocycles. The Morgan fingerprint density at radius 3 is 2.43 bits per heavy atom. The van der Waals surface area contributed by atoms with E-state index in [9.17, 15) is 14.4 Å². The Morgan fingerprint density at radius 1 is 1.07 bits per heavy atom. The number of fused-ring (bicyclic) bond motifs is 1. The molecule has 3 amide bonds. The first kappa shape index (κ1) is 18.5. The van der Waals surface area contributed by atoms with Crippen molar-refractivity contribution in [1.82, 2.24) is 20.1 Å². The standard InChI is InChI=1S/C21H26N4O3/c1-15(26)24-10-12-25(13-11-24)20(28)21(7-8-21)19(27)22-9-6-16-14-23-18-5-3-2-4-17(16)18/h2-5,14,23H,6-13H2,1H3,(H,22,27). The number of rotatable bonds is 5. The van der Waals surface area contributed by atoms with Crippen LogP contribution in [0.5, 0.6) is 0 Å². The third-order valence-electron chi connectivity index (χ3n) is 5.96. The van der Waals surface area contributed by atoms with Crippen LogP contribution in [0.4, 0.5) is 0 Å². The van der Waals surface area contributed by atoms with Gasteiger partial charge in [0, 0.05) is 56.7 Å². The number of nitrogens with zero attached hydrogens (tertiary/aromatic N) is 2. The van der Waals surface area contributed by atoms with Gasteiger partial charge in [0.15, 0.2) is 0 Å². The second-order valence-electron chi connectivity index (χ2n) is 7.75. The molecule has 2 aliphatic rings. The summed E-state index contributed by atoms with van der Waals surface area (Å²) in [4.78, 5) is 43.8. The van der Waals surface area contributed by atoms with Crippen molar-refractivity contribution >= 4 is 28.6 Å². The van der Waals surface area contributed by atoms with Crippen molar-refractivity contribution < 1.29 is 14.4 Å². The Labute approximate surface area is 164 Å². The predicted octanol–water partition coefficient (Wildman–Crippen LogP) is 1.30. The number of para-hydroxylation sites is 1. The molecule has 1 saturated carbocycles. The third-order valence-corrected chi connectivity index (χ3v) is 5.96. The van der Waals surface area contributed by atoms with Crippen LogP contribution in [-0.2, 0) is 20.8 Å². The quantitative estimate of drug-likeness (QED) is 0.765. The fourth-order valence-electron chi connectivity index (χ4n) is 4.01. The Morgan fingerprint density at radius 2 is 1.75 bits per heavy atom. The fraction of sp³-hybridized carbons (Fsp3) is 0.476. The van der Waals surface area contributed by atoms with Gasteiger partial charge in [-0.25, -0.2) is 0 Å². The van der Waals surface area contributed by atoms with E-state index >= 15 is 0 Å². The first-order chi connectivity index (χ1) is 13.5. The van der Waals surface area contributed by atoms with Gasteiger partial charge in [0.05, 0.1) is 0 Å². The van der Waals surface area contributed by atoms with Gasteiger partial charge in [-0.1, -0.05) is 18.2 Å². The van der Waals surface area contributed by atoms with Gasteiger partial charge in [-0.05, 0) is 30.9 Å². The van der Waals surface area contributed by atoms with Crippen molar-refractivity contribution in [2.24, 2.45) is 5.41 Å². The van der Waals surface area contributed by atoms with Gasteiger partial charge in [0.1, 0.15) is 5.41 Å². The summed E-state index contributed by atoms with van der Waals surface area (Å²) < 4.78 is 0. The number of carbonyl (C=O) groups excluding carboxylic acids is 3. The molecule has 28 heavy (non-hydrogen) atoms. The third kappa shape index (κ3) is 3.37. The maximum atomic E-state index is 12.9. The van der Waals surface area contributed by atoms with E-state index in [1.807, 2.05) is 24.4 Å². The predicted molar refractivity (Wildman–Crippen MR) is 106 cm³/mol. The van der Waals surface area contributed by atoms with Crippen LogP contribution in [0, 0.1) is 5.41 Å². The van der Waals surface area contributed by atoms with E-state index in [0.29, 0.717) is 45.6 Å². The summed E-state index contributed by atoms with van der Waals surface area (Å²) in [6.07, 6.45) is 3.91. The molecule has 1 aliphatic carbocycles. The summed E-state index contributed by atoms with van der Waals surface area (Å²) in [5.41, 5.74) is 1.35. The van der Waals surface area contributed by atoms with Gasteiger partial charge in [-0.15, -0.1) is 0 Å². The molecule has 1 aromatic heterocycles. The fourth-order valence-corrected chi connectivity index (χ4v) is 4.01. The minimum atomic E-state index is -0.890. The van der Waals surface area contributed by atoms with Crippen LogP contribution in [0.2, 0.25) is 0 Å². The van der Waals surface area contributed by atoms with Crippen LogP contribution in [-0.4, -0.2) is 65.2 Å². The van der Waals surface area contributed by atoms with E-state index in [1.165, 1.54) is 0 Å². The molecular weight excluding hydrogens is 356 g/mol. The number of aromatic amines is 1. The number of nitrogens with one attached hydrogen (secondary N) is 2. The van der Waals surface area contributed by atoms with Crippen LogP contribution in [0.15, 0.2) is 30.5 Å². The van der Waals surface area contributed by atoms with Crippen LogP contribution < -0.4 is 5.32 Å². The molecule has 1 aliphatic heterocycles. The highest BCUT2D eigenvalue weighted by molar-refractivity contribution is 6.08. The summed E-state index contributed by atoms with van der Waals surface area (Å²) in [7, 11) is 0. The lowest BCUT2D eigenvalue weighted by molar-refractivity contribution is -0.147. The maximum absolute atomic E-state index is 12.9. The molecule has 148 valence electrons. The molecule has 7 nitrogen and oxygen atoms in total. The SMILES string of the molecule is CC(=O)N1CCN(C(=O)C2(C(=O)NCCc3c[nH]c4ccccc34)CC2)CC1. The lowest BCUT2D eigenvalue weighted by Crippen LogP contribution is -2.54.